The van der Waals surface area contributed by atoms with E-state index in [1.54, 1.807) is 12.1 Å². The minimum atomic E-state index is -3.53. The number of hydrogen-bond acceptors (Lipinski definition) is 4. The number of rotatable bonds is 17. The van der Waals surface area contributed by atoms with Gasteiger partial charge in [0.25, 0.3) is 0 Å². The van der Waals surface area contributed by atoms with Gasteiger partial charge in [0.15, 0.2) is 0 Å². The number of amides is 1. The molecule has 0 spiro atoms. The molecule has 1 aromatic carbocycles. The molecule has 0 heterocycles. The lowest BCUT2D eigenvalue weighted by Gasteiger charge is -2.23. The Morgan fingerprint density at radius 2 is 1.37 bits per heavy atom. The van der Waals surface area contributed by atoms with E-state index >= 15 is 0 Å². The molecule has 1 amide bonds. The van der Waals surface area contributed by atoms with Gasteiger partial charge in [-0.3, -0.25) is 4.79 Å². The van der Waals surface area contributed by atoms with Crippen LogP contribution in [0.3, 0.4) is 0 Å². The summed E-state index contributed by atoms with van der Waals surface area (Å²) in [6.45, 7) is 5.67. The first-order chi connectivity index (χ1) is 14.4. The molecule has 1 aromatic rings. The Hall–Kier alpha value is -1.56. The highest BCUT2D eigenvalue weighted by atomic mass is 32.2. The van der Waals surface area contributed by atoms with Crippen LogP contribution in [0, 0.1) is 0 Å². The van der Waals surface area contributed by atoms with E-state index in [9.17, 15) is 13.2 Å². The van der Waals surface area contributed by atoms with E-state index in [4.69, 9.17) is 4.18 Å². The number of carbonyl (C=O) groups excluding carboxylic acids is 1. The average Bonchev–Trinajstić information content (AvgIpc) is 2.70. The molecule has 0 saturated carbocycles. The van der Waals surface area contributed by atoms with Crippen LogP contribution >= 0.6 is 0 Å². The highest BCUT2D eigenvalue weighted by molar-refractivity contribution is 7.86. The van der Waals surface area contributed by atoms with Gasteiger partial charge in [0, 0.05) is 19.5 Å². The molecular formula is C24H41NO4S. The Morgan fingerprint density at radius 3 is 1.90 bits per heavy atom. The van der Waals surface area contributed by atoms with E-state index in [2.05, 4.69) is 13.8 Å². The van der Waals surface area contributed by atoms with E-state index in [1.165, 1.54) is 44.9 Å². The number of unbranched alkanes of at least 4 members (excludes halogenated alkanes) is 9. The molecule has 0 N–H and O–H groups in total. The summed E-state index contributed by atoms with van der Waals surface area (Å²) in [5.41, 5.74) is 0.979. The van der Waals surface area contributed by atoms with E-state index in [1.807, 2.05) is 17.0 Å². The minimum absolute atomic E-state index is 0.211. The van der Waals surface area contributed by atoms with Gasteiger partial charge in [-0.1, -0.05) is 83.8 Å². The molecule has 6 heteroatoms. The first-order valence-corrected chi connectivity index (χ1v) is 13.4. The summed E-state index contributed by atoms with van der Waals surface area (Å²) in [4.78, 5) is 14.7. The van der Waals surface area contributed by atoms with Gasteiger partial charge in [0.05, 0.1) is 6.26 Å². The summed E-state index contributed by atoms with van der Waals surface area (Å²) >= 11 is 0. The van der Waals surface area contributed by atoms with Crippen molar-refractivity contribution in [1.29, 1.82) is 0 Å². The molecule has 0 radical (unpaired) electrons. The van der Waals surface area contributed by atoms with E-state index in [0.29, 0.717) is 18.7 Å². The maximum absolute atomic E-state index is 12.7. The number of carbonyl (C=O) groups is 1. The smallest absolute Gasteiger partial charge is 0.306 e. The molecule has 1 rings (SSSR count). The molecule has 0 aliphatic heterocycles. The van der Waals surface area contributed by atoms with E-state index < -0.39 is 10.1 Å². The van der Waals surface area contributed by atoms with Gasteiger partial charge in [0.2, 0.25) is 5.91 Å². The summed E-state index contributed by atoms with van der Waals surface area (Å²) in [7, 11) is -3.53. The van der Waals surface area contributed by atoms with Crippen molar-refractivity contribution in [3.63, 3.8) is 0 Å². The number of nitrogens with zero attached hydrogens (tertiary/aromatic N) is 1. The standard InChI is InChI=1S/C24H41NO4S/c1-4-6-8-9-10-11-12-13-14-15-24(26)25(20-7-5-2)21-22-16-18-23(19-17-22)29-30(3,27)28/h16-19H,4-15,20-21H2,1-3H3. The molecule has 0 atom stereocenters. The summed E-state index contributed by atoms with van der Waals surface area (Å²) in [6, 6.07) is 6.93. The summed E-state index contributed by atoms with van der Waals surface area (Å²) in [5.74, 6) is 0.505. The molecule has 30 heavy (non-hydrogen) atoms. The van der Waals surface area contributed by atoms with Gasteiger partial charge in [0.1, 0.15) is 5.75 Å². The predicted octanol–water partition coefficient (Wildman–Crippen LogP) is 6.07. The third-order valence-corrected chi connectivity index (χ3v) is 5.67. The van der Waals surface area contributed by atoms with Crippen molar-refractivity contribution in [2.75, 3.05) is 12.8 Å². The first-order valence-electron chi connectivity index (χ1n) is 11.6. The third kappa shape index (κ3) is 12.9. The van der Waals surface area contributed by atoms with Gasteiger partial charge in [-0.25, -0.2) is 0 Å². The van der Waals surface area contributed by atoms with Crippen LogP contribution in [-0.4, -0.2) is 32.0 Å². The Labute approximate surface area is 184 Å². The average molecular weight is 440 g/mol. The van der Waals surface area contributed by atoms with Crippen molar-refractivity contribution < 1.29 is 17.4 Å². The van der Waals surface area contributed by atoms with Crippen LogP contribution in [0.4, 0.5) is 0 Å². The zero-order chi connectivity index (χ0) is 22.2. The van der Waals surface area contributed by atoms with Gasteiger partial charge < -0.3 is 9.08 Å². The second kappa shape index (κ2) is 15.3. The zero-order valence-electron chi connectivity index (χ0n) is 19.2. The fraction of sp³-hybridized carbons (Fsp3) is 0.708. The SMILES string of the molecule is CCCCCCCCCCCC(=O)N(CCCC)Cc1ccc(OS(C)(=O)=O)cc1. The van der Waals surface area contributed by atoms with Crippen LogP contribution in [-0.2, 0) is 21.5 Å². The summed E-state index contributed by atoms with van der Waals surface area (Å²) in [5, 5.41) is 0. The molecule has 0 aliphatic carbocycles. The Morgan fingerprint density at radius 1 is 0.833 bits per heavy atom. The Balaban J connectivity index is 2.41. The molecule has 0 saturated heterocycles. The van der Waals surface area contributed by atoms with Crippen molar-refractivity contribution in [2.24, 2.45) is 0 Å². The van der Waals surface area contributed by atoms with Gasteiger partial charge in [-0.05, 0) is 30.5 Å². The summed E-state index contributed by atoms with van der Waals surface area (Å²) < 4.78 is 27.3. The lowest BCUT2D eigenvalue weighted by molar-refractivity contribution is -0.132. The lowest BCUT2D eigenvalue weighted by Crippen LogP contribution is -2.31. The second-order valence-corrected chi connectivity index (χ2v) is 9.75. The monoisotopic (exact) mass is 439 g/mol. The predicted molar refractivity (Wildman–Crippen MR) is 124 cm³/mol. The molecule has 0 aromatic heterocycles. The normalized spacial score (nSPS) is 11.4. The van der Waals surface area contributed by atoms with Crippen molar-refractivity contribution in [3.05, 3.63) is 29.8 Å². The van der Waals surface area contributed by atoms with E-state index in [-0.39, 0.29) is 5.91 Å². The van der Waals surface area contributed by atoms with E-state index in [0.717, 1.165) is 44.0 Å². The third-order valence-electron chi connectivity index (χ3n) is 5.17. The van der Waals surface area contributed by atoms with Crippen LogP contribution in [0.5, 0.6) is 5.75 Å². The molecule has 0 unspecified atom stereocenters. The van der Waals surface area contributed by atoms with Crippen molar-refractivity contribution in [1.82, 2.24) is 4.90 Å². The first kappa shape index (κ1) is 26.5. The second-order valence-electron chi connectivity index (χ2n) is 8.18. The largest absolute Gasteiger partial charge is 0.383 e. The van der Waals surface area contributed by atoms with Crippen molar-refractivity contribution in [2.45, 2.75) is 97.4 Å². The summed E-state index contributed by atoms with van der Waals surface area (Å²) in [6.07, 6.45) is 14.9. The molecule has 0 fully saturated rings. The molecule has 0 aliphatic rings. The Kier molecular flexibility index (Phi) is 13.5. The molecule has 5 nitrogen and oxygen atoms in total. The Bertz CT molecular complexity index is 686. The molecular weight excluding hydrogens is 398 g/mol. The molecule has 172 valence electrons. The van der Waals surface area contributed by atoms with Gasteiger partial charge in [-0.2, -0.15) is 8.42 Å². The van der Waals surface area contributed by atoms with Gasteiger partial charge in [-0.15, -0.1) is 0 Å². The minimum Gasteiger partial charge on any atom is -0.383 e. The zero-order valence-corrected chi connectivity index (χ0v) is 20.0. The highest BCUT2D eigenvalue weighted by Crippen LogP contribution is 2.17. The fourth-order valence-electron chi connectivity index (χ4n) is 3.43. The lowest BCUT2D eigenvalue weighted by atomic mass is 10.1. The van der Waals surface area contributed by atoms with Crippen LogP contribution in [0.1, 0.15) is 96.5 Å². The van der Waals surface area contributed by atoms with Crippen molar-refractivity contribution >= 4 is 16.0 Å². The topological polar surface area (TPSA) is 63.7 Å². The number of benzene rings is 1. The van der Waals surface area contributed by atoms with Crippen LogP contribution in [0.2, 0.25) is 0 Å². The fourth-order valence-corrected chi connectivity index (χ4v) is 3.89. The number of hydrogen-bond donors (Lipinski definition) is 0. The van der Waals surface area contributed by atoms with Crippen molar-refractivity contribution in [3.8, 4) is 5.75 Å². The molecule has 0 bridgehead atoms. The van der Waals surface area contributed by atoms with Crippen LogP contribution in [0.25, 0.3) is 0 Å². The maximum atomic E-state index is 12.7. The highest BCUT2D eigenvalue weighted by Gasteiger charge is 2.14. The van der Waals surface area contributed by atoms with Crippen LogP contribution in [0.15, 0.2) is 24.3 Å². The van der Waals surface area contributed by atoms with Crippen LogP contribution < -0.4 is 4.18 Å². The maximum Gasteiger partial charge on any atom is 0.306 e. The van der Waals surface area contributed by atoms with Gasteiger partial charge >= 0.3 is 10.1 Å². The quantitative estimate of drug-likeness (QED) is 0.218.